The number of hydrogen-bond acceptors (Lipinski definition) is 6. The third-order valence-electron chi connectivity index (χ3n) is 7.31. The molecule has 1 saturated carbocycles. The fourth-order valence-electron chi connectivity index (χ4n) is 4.77. The maximum Gasteiger partial charge on any atom is 0.258 e. The number of aliphatic hydroxyl groups is 1. The molecule has 0 unspecified atom stereocenters. The number of nitrogens with zero attached hydrogens (tertiary/aromatic N) is 3. The normalized spacial score (nSPS) is 25.5. The number of carbonyl (C=O) groups is 1. The maximum absolute atomic E-state index is 14.0. The predicted octanol–water partition coefficient (Wildman–Crippen LogP) is 3.89. The summed E-state index contributed by atoms with van der Waals surface area (Å²) in [7, 11) is 6.11. The highest BCUT2D eigenvalue weighted by molar-refractivity contribution is 5.98. The summed E-state index contributed by atoms with van der Waals surface area (Å²) >= 11 is 0. The van der Waals surface area contributed by atoms with Gasteiger partial charge in [-0.05, 0) is 77.1 Å². The number of benzene rings is 1. The number of rotatable bonds is 7. The Hall–Kier alpha value is -1.83. The highest BCUT2D eigenvalue weighted by atomic mass is 16.5. The van der Waals surface area contributed by atoms with E-state index in [9.17, 15) is 9.90 Å². The van der Waals surface area contributed by atoms with Crippen molar-refractivity contribution in [3.8, 4) is 5.75 Å². The van der Waals surface area contributed by atoms with Crippen molar-refractivity contribution in [2.24, 2.45) is 11.8 Å². The van der Waals surface area contributed by atoms with Crippen molar-refractivity contribution in [1.29, 1.82) is 0 Å². The van der Waals surface area contributed by atoms with Crippen LogP contribution in [0.15, 0.2) is 18.2 Å². The molecule has 7 nitrogen and oxygen atoms in total. The fraction of sp³-hybridized carbons (Fsp3) is 0.750. The van der Waals surface area contributed by atoms with Gasteiger partial charge in [-0.25, -0.2) is 0 Å². The minimum atomic E-state index is -0.309. The molecular formula is C28H47N3O4. The smallest absolute Gasteiger partial charge is 0.258 e. The lowest BCUT2D eigenvalue weighted by molar-refractivity contribution is -0.0172. The van der Waals surface area contributed by atoms with Crippen molar-refractivity contribution in [2.45, 2.75) is 71.1 Å². The molecule has 3 rings (SSSR count). The van der Waals surface area contributed by atoms with Gasteiger partial charge in [-0.3, -0.25) is 4.79 Å². The molecule has 1 aliphatic carbocycles. The number of amides is 1. The van der Waals surface area contributed by atoms with Crippen LogP contribution >= 0.6 is 0 Å². The molecule has 35 heavy (non-hydrogen) atoms. The van der Waals surface area contributed by atoms with Gasteiger partial charge in [0.1, 0.15) is 5.75 Å². The van der Waals surface area contributed by atoms with Gasteiger partial charge in [-0.1, -0.05) is 6.92 Å². The Balaban J connectivity index is 1.91. The van der Waals surface area contributed by atoms with Crippen LogP contribution in [0.25, 0.3) is 0 Å². The summed E-state index contributed by atoms with van der Waals surface area (Å²) in [5, 5.41) is 10.0. The van der Waals surface area contributed by atoms with Crippen molar-refractivity contribution in [2.75, 3.05) is 58.9 Å². The number of fused-ring (bicyclic) bond motifs is 1. The van der Waals surface area contributed by atoms with Gasteiger partial charge >= 0.3 is 0 Å². The maximum atomic E-state index is 14.0. The molecule has 7 heteroatoms. The molecule has 1 aromatic rings. The SMILES string of the molecule is C[C@@H]1CCCCO[C@H](CN(C)CC2CC2)[C@H](C)CN([C@@H](C)CO)C(=O)c2cc(N(C)C)ccc2O1. The van der Waals surface area contributed by atoms with Gasteiger partial charge in [0.25, 0.3) is 5.91 Å². The van der Waals surface area contributed by atoms with Crippen LogP contribution < -0.4 is 9.64 Å². The number of aliphatic hydroxyl groups excluding tert-OH is 1. The van der Waals surface area contributed by atoms with E-state index in [1.165, 1.54) is 12.8 Å². The third-order valence-corrected chi connectivity index (χ3v) is 7.31. The number of carbonyl (C=O) groups excluding carboxylic acids is 1. The summed E-state index contributed by atoms with van der Waals surface area (Å²) in [5.41, 5.74) is 1.50. The van der Waals surface area contributed by atoms with Crippen LogP contribution in [0.2, 0.25) is 0 Å². The average Bonchev–Trinajstić information content (AvgIpc) is 3.63. The van der Waals surface area contributed by atoms with Crippen molar-refractivity contribution < 1.29 is 19.4 Å². The Bertz CT molecular complexity index is 813. The van der Waals surface area contributed by atoms with Crippen LogP contribution in [-0.4, -0.2) is 93.1 Å². The minimum absolute atomic E-state index is 0.00203. The number of likely N-dealkylation sites (N-methyl/N-ethyl adjacent to an activating group) is 1. The Kier molecular flexibility index (Phi) is 10.3. The van der Waals surface area contributed by atoms with E-state index in [0.717, 1.165) is 44.0 Å². The van der Waals surface area contributed by atoms with Crippen LogP contribution in [0.1, 0.15) is 63.2 Å². The lowest BCUT2D eigenvalue weighted by atomic mass is 10.0. The van der Waals surface area contributed by atoms with E-state index in [-0.39, 0.29) is 36.7 Å². The molecular weight excluding hydrogens is 442 g/mol. The summed E-state index contributed by atoms with van der Waals surface area (Å²) in [6.45, 7) is 9.24. The van der Waals surface area contributed by atoms with E-state index < -0.39 is 0 Å². The zero-order valence-electron chi connectivity index (χ0n) is 22.7. The summed E-state index contributed by atoms with van der Waals surface area (Å²) in [6, 6.07) is 5.50. The lowest BCUT2D eigenvalue weighted by Gasteiger charge is -2.36. The molecule has 0 bridgehead atoms. The Labute approximate surface area is 212 Å². The van der Waals surface area contributed by atoms with Crippen LogP contribution in [0.4, 0.5) is 5.69 Å². The molecule has 0 spiro atoms. The van der Waals surface area contributed by atoms with Crippen LogP contribution in [0.3, 0.4) is 0 Å². The predicted molar refractivity (Wildman–Crippen MR) is 141 cm³/mol. The molecule has 0 radical (unpaired) electrons. The zero-order chi connectivity index (χ0) is 25.5. The summed E-state index contributed by atoms with van der Waals surface area (Å²) in [6.07, 6.45) is 5.61. The number of ether oxygens (including phenoxy) is 2. The number of hydrogen-bond donors (Lipinski definition) is 1. The Morgan fingerprint density at radius 1 is 1.11 bits per heavy atom. The van der Waals surface area contributed by atoms with Gasteiger partial charge in [0.15, 0.2) is 0 Å². The second kappa shape index (κ2) is 12.9. The molecule has 0 aromatic heterocycles. The first-order valence-corrected chi connectivity index (χ1v) is 13.4. The van der Waals surface area contributed by atoms with Crippen molar-refractivity contribution >= 4 is 11.6 Å². The van der Waals surface area contributed by atoms with E-state index in [4.69, 9.17) is 9.47 Å². The molecule has 0 saturated heterocycles. The van der Waals surface area contributed by atoms with Crippen molar-refractivity contribution in [3.05, 3.63) is 23.8 Å². The van der Waals surface area contributed by atoms with Gasteiger partial charge in [-0.2, -0.15) is 0 Å². The van der Waals surface area contributed by atoms with Gasteiger partial charge in [0.2, 0.25) is 0 Å². The molecule has 2 aliphatic rings. The van der Waals surface area contributed by atoms with Crippen molar-refractivity contribution in [3.63, 3.8) is 0 Å². The summed E-state index contributed by atoms with van der Waals surface area (Å²) < 4.78 is 12.7. The van der Waals surface area contributed by atoms with Crippen molar-refractivity contribution in [1.82, 2.24) is 9.80 Å². The molecule has 1 amide bonds. The largest absolute Gasteiger partial charge is 0.490 e. The standard InChI is InChI=1S/C28H47N3O4/c1-20-16-31(21(2)19-32)28(33)25-15-24(29(4)5)12-13-26(25)35-22(3)9-7-8-14-34-27(20)18-30(6)17-23-10-11-23/h12-13,15,20-23,27,32H,7-11,14,16-19H2,1-6H3/t20-,21+,22-,27-/m1/s1. The van der Waals surface area contributed by atoms with Crippen LogP contribution in [-0.2, 0) is 4.74 Å². The summed E-state index contributed by atoms with van der Waals surface area (Å²) in [5.74, 6) is 1.46. The Morgan fingerprint density at radius 2 is 1.86 bits per heavy atom. The van der Waals surface area contributed by atoms with Gasteiger partial charge in [0.05, 0.1) is 30.4 Å². The average molecular weight is 490 g/mol. The molecule has 198 valence electrons. The van der Waals surface area contributed by atoms with Gasteiger partial charge < -0.3 is 29.3 Å². The molecule has 4 atom stereocenters. The lowest BCUT2D eigenvalue weighted by Crippen LogP contribution is -2.47. The molecule has 1 heterocycles. The van der Waals surface area contributed by atoms with Gasteiger partial charge in [-0.15, -0.1) is 0 Å². The highest BCUT2D eigenvalue weighted by Crippen LogP contribution is 2.31. The monoisotopic (exact) mass is 489 g/mol. The molecule has 1 aliphatic heterocycles. The highest BCUT2D eigenvalue weighted by Gasteiger charge is 2.31. The molecule has 1 aromatic carbocycles. The second-order valence-corrected chi connectivity index (χ2v) is 11.0. The molecule has 1 fully saturated rings. The first kappa shape index (κ1) is 27.8. The van der Waals surface area contributed by atoms with E-state index >= 15 is 0 Å². The van der Waals surface area contributed by atoms with Crippen LogP contribution in [0.5, 0.6) is 5.75 Å². The topological polar surface area (TPSA) is 65.5 Å². The second-order valence-electron chi connectivity index (χ2n) is 11.0. The first-order chi connectivity index (χ1) is 16.7. The minimum Gasteiger partial charge on any atom is -0.490 e. The van der Waals surface area contributed by atoms with E-state index in [1.54, 1.807) is 4.90 Å². The van der Waals surface area contributed by atoms with E-state index in [0.29, 0.717) is 24.5 Å². The van der Waals surface area contributed by atoms with Crippen LogP contribution in [0, 0.1) is 11.8 Å². The quantitative estimate of drug-likeness (QED) is 0.627. The van der Waals surface area contributed by atoms with Gasteiger partial charge in [0, 0.05) is 51.9 Å². The number of anilines is 1. The van der Waals surface area contributed by atoms with E-state index in [2.05, 4.69) is 25.8 Å². The zero-order valence-corrected chi connectivity index (χ0v) is 22.7. The van der Waals surface area contributed by atoms with E-state index in [1.807, 2.05) is 44.1 Å². The first-order valence-electron chi connectivity index (χ1n) is 13.4. The Morgan fingerprint density at radius 3 is 2.51 bits per heavy atom. The molecule has 1 N–H and O–H groups in total. The fourth-order valence-corrected chi connectivity index (χ4v) is 4.77. The third kappa shape index (κ3) is 8.09. The summed E-state index contributed by atoms with van der Waals surface area (Å²) in [4.78, 5) is 20.2.